The molecule has 3 rings (SSSR count). The Bertz CT molecular complexity index is 945. The van der Waals surface area contributed by atoms with Crippen molar-refractivity contribution >= 4 is 44.7 Å². The first kappa shape index (κ1) is 20.6. The molecule has 0 spiro atoms. The van der Waals surface area contributed by atoms with Crippen molar-refractivity contribution in [1.29, 1.82) is 0 Å². The van der Waals surface area contributed by atoms with Crippen molar-refractivity contribution < 1.29 is 13.2 Å². The van der Waals surface area contributed by atoms with E-state index in [0.717, 1.165) is 29.8 Å². The van der Waals surface area contributed by atoms with Crippen LogP contribution >= 0.6 is 11.3 Å². The molecule has 1 amide bonds. The standard InChI is InChI=1S/C20H25N3O3S2/c1-22(2)19-10-9-17(28(25,26)23-12-4-3-5-13-23)15-18(19)21-20(24)11-8-16-7-6-14-27-16/h6-11,14-15H,3-5,12-13H2,1-2H3,(H,21,24)/b11-8+. The van der Waals surface area contributed by atoms with Crippen molar-refractivity contribution in [2.75, 3.05) is 37.4 Å². The molecule has 1 aliphatic rings. The molecule has 0 saturated carbocycles. The molecule has 6 nitrogen and oxygen atoms in total. The Labute approximate surface area is 170 Å². The Hall–Kier alpha value is -2.16. The fraction of sp³-hybridized carbons (Fsp3) is 0.350. The highest BCUT2D eigenvalue weighted by Gasteiger charge is 2.26. The van der Waals surface area contributed by atoms with Gasteiger partial charge in [0.25, 0.3) is 0 Å². The summed E-state index contributed by atoms with van der Waals surface area (Å²) in [5, 5.41) is 4.77. The Balaban J connectivity index is 1.86. The molecule has 1 N–H and O–H groups in total. The molecule has 1 aliphatic heterocycles. The third-order valence-electron chi connectivity index (χ3n) is 4.60. The molecule has 2 heterocycles. The van der Waals surface area contributed by atoms with Crippen LogP contribution in [0, 0.1) is 0 Å². The van der Waals surface area contributed by atoms with Gasteiger partial charge in [0.1, 0.15) is 0 Å². The quantitative estimate of drug-likeness (QED) is 0.726. The lowest BCUT2D eigenvalue weighted by atomic mass is 10.2. The second-order valence-electron chi connectivity index (χ2n) is 6.88. The highest BCUT2D eigenvalue weighted by atomic mass is 32.2. The van der Waals surface area contributed by atoms with Gasteiger partial charge in [-0.15, -0.1) is 11.3 Å². The molecule has 0 unspecified atom stereocenters. The van der Waals surface area contributed by atoms with Crippen molar-refractivity contribution in [2.24, 2.45) is 0 Å². The number of benzene rings is 1. The third-order valence-corrected chi connectivity index (χ3v) is 7.33. The molecule has 0 atom stereocenters. The first-order valence-electron chi connectivity index (χ1n) is 9.22. The van der Waals surface area contributed by atoms with E-state index in [4.69, 9.17) is 0 Å². The number of anilines is 2. The molecule has 1 saturated heterocycles. The number of carbonyl (C=O) groups is 1. The summed E-state index contributed by atoms with van der Waals surface area (Å²) >= 11 is 1.54. The zero-order valence-electron chi connectivity index (χ0n) is 16.1. The minimum Gasteiger partial charge on any atom is -0.376 e. The lowest BCUT2D eigenvalue weighted by Gasteiger charge is -2.26. The zero-order chi connectivity index (χ0) is 20.1. The van der Waals surface area contributed by atoms with Crippen LogP contribution < -0.4 is 10.2 Å². The molecule has 0 bridgehead atoms. The largest absolute Gasteiger partial charge is 0.376 e. The molecule has 1 aromatic heterocycles. The summed E-state index contributed by atoms with van der Waals surface area (Å²) in [7, 11) is 0.142. The van der Waals surface area contributed by atoms with E-state index in [1.807, 2.05) is 36.5 Å². The van der Waals surface area contributed by atoms with Crippen molar-refractivity contribution in [3.63, 3.8) is 0 Å². The van der Waals surface area contributed by atoms with Crippen molar-refractivity contribution in [1.82, 2.24) is 4.31 Å². The summed E-state index contributed by atoms with van der Waals surface area (Å²) in [6.07, 6.45) is 6.02. The van der Waals surface area contributed by atoms with Crippen molar-refractivity contribution in [2.45, 2.75) is 24.2 Å². The van der Waals surface area contributed by atoms with Gasteiger partial charge < -0.3 is 10.2 Å². The van der Waals surface area contributed by atoms with Crippen LogP contribution in [0.4, 0.5) is 11.4 Å². The van der Waals surface area contributed by atoms with E-state index in [0.29, 0.717) is 18.8 Å². The van der Waals surface area contributed by atoms with Gasteiger partial charge in [-0.25, -0.2) is 8.42 Å². The van der Waals surface area contributed by atoms with Crippen molar-refractivity contribution in [3.05, 3.63) is 46.7 Å². The van der Waals surface area contributed by atoms with E-state index >= 15 is 0 Å². The minimum atomic E-state index is -3.56. The van der Waals surface area contributed by atoms with E-state index in [1.165, 1.54) is 10.4 Å². The Morgan fingerprint density at radius 2 is 1.93 bits per heavy atom. The van der Waals surface area contributed by atoms with Gasteiger partial charge in [-0.05, 0) is 48.6 Å². The van der Waals surface area contributed by atoms with Crippen LogP contribution in [0.25, 0.3) is 6.08 Å². The SMILES string of the molecule is CN(C)c1ccc(S(=O)(=O)N2CCCCC2)cc1NC(=O)/C=C/c1cccs1. The molecule has 0 aliphatic carbocycles. The molecular formula is C20H25N3O3S2. The smallest absolute Gasteiger partial charge is 0.248 e. The number of sulfonamides is 1. The average Bonchev–Trinajstić information content (AvgIpc) is 3.20. The number of piperidine rings is 1. The number of rotatable bonds is 6. The third kappa shape index (κ3) is 4.81. The summed E-state index contributed by atoms with van der Waals surface area (Å²) in [4.78, 5) is 15.4. The van der Waals surface area contributed by atoms with Gasteiger partial charge in [-0.1, -0.05) is 12.5 Å². The van der Waals surface area contributed by atoms with Crippen LogP contribution in [0.15, 0.2) is 46.7 Å². The van der Waals surface area contributed by atoms with Gasteiger partial charge in [-0.2, -0.15) is 4.31 Å². The fourth-order valence-electron chi connectivity index (χ4n) is 3.14. The molecule has 1 aromatic carbocycles. The van der Waals surface area contributed by atoms with Crippen LogP contribution in [-0.2, 0) is 14.8 Å². The van der Waals surface area contributed by atoms with Crippen LogP contribution in [0.1, 0.15) is 24.1 Å². The van der Waals surface area contributed by atoms with E-state index in [-0.39, 0.29) is 10.8 Å². The Kier molecular flexibility index (Phi) is 6.53. The first-order chi connectivity index (χ1) is 13.4. The number of hydrogen-bond donors (Lipinski definition) is 1. The van der Waals surface area contributed by atoms with Crippen LogP contribution in [0.2, 0.25) is 0 Å². The monoisotopic (exact) mass is 419 g/mol. The Morgan fingerprint density at radius 3 is 2.57 bits per heavy atom. The van der Waals surface area contributed by atoms with Gasteiger partial charge in [0.05, 0.1) is 16.3 Å². The van der Waals surface area contributed by atoms with E-state index in [1.54, 1.807) is 35.6 Å². The number of hydrogen-bond acceptors (Lipinski definition) is 5. The molecule has 1 fully saturated rings. The number of thiophene rings is 1. The number of nitrogens with one attached hydrogen (secondary N) is 1. The van der Waals surface area contributed by atoms with Gasteiger partial charge in [0, 0.05) is 38.1 Å². The molecule has 8 heteroatoms. The van der Waals surface area contributed by atoms with E-state index in [2.05, 4.69) is 5.32 Å². The zero-order valence-corrected chi connectivity index (χ0v) is 17.7. The van der Waals surface area contributed by atoms with Crippen molar-refractivity contribution in [3.8, 4) is 0 Å². The first-order valence-corrected chi connectivity index (χ1v) is 11.5. The average molecular weight is 420 g/mol. The number of nitrogens with zero attached hydrogens (tertiary/aromatic N) is 2. The summed E-state index contributed by atoms with van der Waals surface area (Å²) in [6, 6.07) is 8.73. The summed E-state index contributed by atoms with van der Waals surface area (Å²) < 4.78 is 27.5. The minimum absolute atomic E-state index is 0.206. The Morgan fingerprint density at radius 1 is 1.18 bits per heavy atom. The number of carbonyl (C=O) groups excluding carboxylic acids is 1. The molecule has 28 heavy (non-hydrogen) atoms. The van der Waals surface area contributed by atoms with Crippen LogP contribution in [0.3, 0.4) is 0 Å². The normalized spacial score (nSPS) is 15.6. The fourth-order valence-corrected chi connectivity index (χ4v) is 5.30. The summed E-state index contributed by atoms with van der Waals surface area (Å²) in [5.41, 5.74) is 1.22. The summed E-state index contributed by atoms with van der Waals surface area (Å²) in [5.74, 6) is -0.302. The highest BCUT2D eigenvalue weighted by Crippen LogP contribution is 2.30. The van der Waals surface area contributed by atoms with Gasteiger partial charge in [0.2, 0.25) is 15.9 Å². The van der Waals surface area contributed by atoms with Crippen LogP contribution in [-0.4, -0.2) is 45.8 Å². The second-order valence-corrected chi connectivity index (χ2v) is 9.79. The lowest BCUT2D eigenvalue weighted by molar-refractivity contribution is -0.111. The summed E-state index contributed by atoms with van der Waals surface area (Å²) in [6.45, 7) is 1.09. The highest BCUT2D eigenvalue weighted by molar-refractivity contribution is 7.89. The lowest BCUT2D eigenvalue weighted by Crippen LogP contribution is -2.35. The molecular weight excluding hydrogens is 394 g/mol. The molecule has 2 aromatic rings. The van der Waals surface area contributed by atoms with Gasteiger partial charge >= 0.3 is 0 Å². The number of amides is 1. The molecule has 0 radical (unpaired) electrons. The predicted molar refractivity (Wildman–Crippen MR) is 115 cm³/mol. The topological polar surface area (TPSA) is 69.7 Å². The maximum atomic E-state index is 13.0. The van der Waals surface area contributed by atoms with Gasteiger partial charge in [-0.3, -0.25) is 4.79 Å². The van der Waals surface area contributed by atoms with E-state index in [9.17, 15) is 13.2 Å². The predicted octanol–water partition coefficient (Wildman–Crippen LogP) is 3.64. The maximum absolute atomic E-state index is 13.0. The van der Waals surface area contributed by atoms with Crippen LogP contribution in [0.5, 0.6) is 0 Å². The van der Waals surface area contributed by atoms with Gasteiger partial charge in [0.15, 0.2) is 0 Å². The second kappa shape index (κ2) is 8.89. The molecule has 150 valence electrons. The maximum Gasteiger partial charge on any atom is 0.248 e. The van der Waals surface area contributed by atoms with E-state index < -0.39 is 10.0 Å².